The van der Waals surface area contributed by atoms with Gasteiger partial charge in [0.05, 0.1) is 6.10 Å². The smallest absolute Gasteiger partial charge is 0.0540 e. The van der Waals surface area contributed by atoms with Gasteiger partial charge in [0.2, 0.25) is 0 Å². The molecule has 1 aromatic carbocycles. The van der Waals surface area contributed by atoms with E-state index in [9.17, 15) is 5.11 Å². The predicted molar refractivity (Wildman–Crippen MR) is 70.1 cm³/mol. The molecule has 17 heavy (non-hydrogen) atoms. The molecule has 1 aliphatic carbocycles. The zero-order valence-corrected chi connectivity index (χ0v) is 10.3. The van der Waals surface area contributed by atoms with E-state index in [1.54, 1.807) is 0 Å². The summed E-state index contributed by atoms with van der Waals surface area (Å²) in [5.74, 6) is 0.642. The molecule has 1 fully saturated rings. The summed E-state index contributed by atoms with van der Waals surface area (Å²) in [6.45, 7) is 0. The van der Waals surface area contributed by atoms with Crippen molar-refractivity contribution in [2.45, 2.75) is 37.7 Å². The highest BCUT2D eigenvalue weighted by Crippen LogP contribution is 2.34. The third kappa shape index (κ3) is 1.98. The van der Waals surface area contributed by atoms with E-state index in [1.807, 2.05) is 0 Å². The van der Waals surface area contributed by atoms with Gasteiger partial charge in [0.25, 0.3) is 0 Å². The first-order valence-electron chi connectivity index (χ1n) is 6.47. The minimum absolute atomic E-state index is 0.0632. The van der Waals surface area contributed by atoms with Crippen LogP contribution in [0.3, 0.4) is 0 Å². The van der Waals surface area contributed by atoms with Crippen molar-refractivity contribution in [1.29, 1.82) is 0 Å². The maximum Gasteiger partial charge on any atom is 0.0540 e. The normalized spacial score (nSPS) is 25.3. The molecule has 90 valence electrons. The molecule has 0 amide bonds. The van der Waals surface area contributed by atoms with Gasteiger partial charge in [0.1, 0.15) is 0 Å². The van der Waals surface area contributed by atoms with Crippen molar-refractivity contribution >= 4 is 10.9 Å². The van der Waals surface area contributed by atoms with E-state index in [1.165, 1.54) is 16.5 Å². The van der Waals surface area contributed by atoms with Gasteiger partial charge in [-0.15, -0.1) is 0 Å². The zero-order valence-electron chi connectivity index (χ0n) is 10.3. The number of aliphatic hydroxyl groups excluding tert-OH is 1. The molecule has 2 nitrogen and oxygen atoms in total. The van der Waals surface area contributed by atoms with E-state index in [0.29, 0.717) is 5.92 Å². The molecule has 1 aromatic heterocycles. The Morgan fingerprint density at radius 2 is 1.88 bits per heavy atom. The van der Waals surface area contributed by atoms with E-state index in [0.717, 1.165) is 25.7 Å². The minimum Gasteiger partial charge on any atom is -0.393 e. The van der Waals surface area contributed by atoms with Crippen LogP contribution in [0.25, 0.3) is 10.9 Å². The first-order chi connectivity index (χ1) is 8.24. The Morgan fingerprint density at radius 1 is 1.12 bits per heavy atom. The molecule has 0 unspecified atom stereocenters. The van der Waals surface area contributed by atoms with Crippen LogP contribution in [0.1, 0.15) is 37.2 Å². The predicted octanol–water partition coefficient (Wildman–Crippen LogP) is 3.20. The summed E-state index contributed by atoms with van der Waals surface area (Å²) >= 11 is 0. The molecule has 0 radical (unpaired) electrons. The SMILES string of the molecule is Cn1ccc2cc(C3CCC(O)CC3)ccc21. The molecule has 1 heterocycles. The first kappa shape index (κ1) is 10.8. The van der Waals surface area contributed by atoms with Crippen LogP contribution < -0.4 is 0 Å². The van der Waals surface area contributed by atoms with Crippen molar-refractivity contribution in [3.63, 3.8) is 0 Å². The highest BCUT2D eigenvalue weighted by Gasteiger charge is 2.20. The van der Waals surface area contributed by atoms with Gasteiger partial charge >= 0.3 is 0 Å². The number of rotatable bonds is 1. The van der Waals surface area contributed by atoms with E-state index in [4.69, 9.17) is 0 Å². The molecule has 1 N–H and O–H groups in total. The molecule has 1 aliphatic rings. The van der Waals surface area contributed by atoms with Crippen LogP contribution in [0.2, 0.25) is 0 Å². The molecule has 0 bridgehead atoms. The number of aliphatic hydroxyl groups is 1. The Morgan fingerprint density at radius 3 is 2.65 bits per heavy atom. The topological polar surface area (TPSA) is 25.2 Å². The Kier molecular flexibility index (Phi) is 2.67. The van der Waals surface area contributed by atoms with E-state index in [2.05, 4.69) is 42.1 Å². The van der Waals surface area contributed by atoms with E-state index in [-0.39, 0.29) is 6.10 Å². The average Bonchev–Trinajstić information content (AvgIpc) is 2.72. The Bertz CT molecular complexity index is 521. The second kappa shape index (κ2) is 4.19. The number of hydrogen-bond acceptors (Lipinski definition) is 1. The van der Waals surface area contributed by atoms with Crippen molar-refractivity contribution in [3.8, 4) is 0 Å². The summed E-state index contributed by atoms with van der Waals surface area (Å²) in [5, 5.41) is 10.9. The van der Waals surface area contributed by atoms with Crippen molar-refractivity contribution in [1.82, 2.24) is 4.57 Å². The minimum atomic E-state index is -0.0632. The van der Waals surface area contributed by atoms with Gasteiger partial charge in [-0.1, -0.05) is 6.07 Å². The van der Waals surface area contributed by atoms with Crippen LogP contribution in [-0.2, 0) is 7.05 Å². The van der Waals surface area contributed by atoms with Gasteiger partial charge in [-0.25, -0.2) is 0 Å². The lowest BCUT2D eigenvalue weighted by atomic mass is 9.82. The largest absolute Gasteiger partial charge is 0.393 e. The Hall–Kier alpha value is -1.28. The Labute approximate surface area is 102 Å². The van der Waals surface area contributed by atoms with Crippen LogP contribution in [0, 0.1) is 0 Å². The van der Waals surface area contributed by atoms with Gasteiger partial charge in [0.15, 0.2) is 0 Å². The number of aromatic nitrogens is 1. The lowest BCUT2D eigenvalue weighted by molar-refractivity contribution is 0.122. The number of aryl methyl sites for hydroxylation is 1. The summed E-state index contributed by atoms with van der Waals surface area (Å²) in [6, 6.07) is 8.97. The maximum atomic E-state index is 9.55. The molecule has 0 saturated heterocycles. The second-order valence-corrected chi connectivity index (χ2v) is 5.25. The van der Waals surface area contributed by atoms with Gasteiger partial charge in [0, 0.05) is 18.8 Å². The molecule has 3 rings (SSSR count). The molecule has 0 atom stereocenters. The van der Waals surface area contributed by atoms with Gasteiger partial charge in [-0.3, -0.25) is 0 Å². The average molecular weight is 229 g/mol. The lowest BCUT2D eigenvalue weighted by Gasteiger charge is -2.25. The van der Waals surface area contributed by atoms with Gasteiger partial charge in [-0.2, -0.15) is 0 Å². The van der Waals surface area contributed by atoms with Gasteiger partial charge in [-0.05, 0) is 60.7 Å². The standard InChI is InChI=1S/C15H19NO/c1-16-9-8-13-10-12(4-7-15(13)16)11-2-5-14(17)6-3-11/h4,7-11,14,17H,2-3,5-6H2,1H3. The summed E-state index contributed by atoms with van der Waals surface area (Å²) in [5.41, 5.74) is 2.74. The molecule has 2 heteroatoms. The monoisotopic (exact) mass is 229 g/mol. The summed E-state index contributed by atoms with van der Waals surface area (Å²) < 4.78 is 2.16. The van der Waals surface area contributed by atoms with Crippen LogP contribution in [0.4, 0.5) is 0 Å². The Balaban J connectivity index is 1.90. The number of nitrogens with zero attached hydrogens (tertiary/aromatic N) is 1. The quantitative estimate of drug-likeness (QED) is 0.798. The summed E-state index contributed by atoms with van der Waals surface area (Å²) in [7, 11) is 2.08. The highest BCUT2D eigenvalue weighted by atomic mass is 16.3. The fourth-order valence-corrected chi connectivity index (χ4v) is 2.96. The molecule has 1 saturated carbocycles. The molecular weight excluding hydrogens is 210 g/mol. The fraction of sp³-hybridized carbons (Fsp3) is 0.467. The van der Waals surface area contributed by atoms with Crippen molar-refractivity contribution < 1.29 is 5.11 Å². The van der Waals surface area contributed by atoms with Crippen LogP contribution >= 0.6 is 0 Å². The molecule has 2 aromatic rings. The molecule has 0 spiro atoms. The zero-order chi connectivity index (χ0) is 11.8. The van der Waals surface area contributed by atoms with E-state index >= 15 is 0 Å². The number of benzene rings is 1. The maximum absolute atomic E-state index is 9.55. The van der Waals surface area contributed by atoms with Gasteiger partial charge < -0.3 is 9.67 Å². The molecular formula is C15H19NO. The third-order valence-corrected chi connectivity index (χ3v) is 4.08. The van der Waals surface area contributed by atoms with E-state index < -0.39 is 0 Å². The third-order valence-electron chi connectivity index (χ3n) is 4.08. The number of hydrogen-bond donors (Lipinski definition) is 1. The van der Waals surface area contributed by atoms with Crippen LogP contribution in [-0.4, -0.2) is 15.8 Å². The van der Waals surface area contributed by atoms with Crippen molar-refractivity contribution in [3.05, 3.63) is 36.0 Å². The lowest BCUT2D eigenvalue weighted by Crippen LogP contribution is -2.16. The first-order valence-corrected chi connectivity index (χ1v) is 6.47. The second-order valence-electron chi connectivity index (χ2n) is 5.25. The summed E-state index contributed by atoms with van der Waals surface area (Å²) in [6.07, 6.45) is 6.21. The van der Waals surface area contributed by atoms with Crippen LogP contribution in [0.15, 0.2) is 30.5 Å². The van der Waals surface area contributed by atoms with Crippen LogP contribution in [0.5, 0.6) is 0 Å². The number of fused-ring (bicyclic) bond motifs is 1. The highest BCUT2D eigenvalue weighted by molar-refractivity contribution is 5.80. The fourth-order valence-electron chi connectivity index (χ4n) is 2.96. The van der Waals surface area contributed by atoms with Crippen molar-refractivity contribution in [2.24, 2.45) is 7.05 Å². The molecule has 0 aliphatic heterocycles. The van der Waals surface area contributed by atoms with Crippen molar-refractivity contribution in [2.75, 3.05) is 0 Å². The summed E-state index contributed by atoms with van der Waals surface area (Å²) in [4.78, 5) is 0.